The summed E-state index contributed by atoms with van der Waals surface area (Å²) in [6, 6.07) is 19.8. The number of hydrogen-bond acceptors (Lipinski definition) is 4. The second-order valence-electron chi connectivity index (χ2n) is 7.70. The lowest BCUT2D eigenvalue weighted by molar-refractivity contribution is -0.116. The molecule has 0 bridgehead atoms. The van der Waals surface area contributed by atoms with Crippen LogP contribution in [0.5, 0.6) is 0 Å². The van der Waals surface area contributed by atoms with Crippen LogP contribution >= 0.6 is 0 Å². The highest BCUT2D eigenvalue weighted by Gasteiger charge is 2.18. The van der Waals surface area contributed by atoms with Crippen LogP contribution in [0.1, 0.15) is 28.5 Å². The number of aryl methyl sites for hydroxylation is 2. The second-order valence-corrected chi connectivity index (χ2v) is 7.70. The Balaban J connectivity index is 1.71. The van der Waals surface area contributed by atoms with E-state index in [1.807, 2.05) is 44.2 Å². The molecule has 2 N–H and O–H groups in total. The minimum absolute atomic E-state index is 0.0567. The quantitative estimate of drug-likeness (QED) is 0.471. The van der Waals surface area contributed by atoms with Gasteiger partial charge < -0.3 is 15.2 Å². The van der Waals surface area contributed by atoms with E-state index in [1.54, 1.807) is 41.0 Å². The van der Waals surface area contributed by atoms with Gasteiger partial charge >= 0.3 is 0 Å². The van der Waals surface area contributed by atoms with Gasteiger partial charge in [-0.3, -0.25) is 14.4 Å². The Morgan fingerprint density at radius 1 is 0.939 bits per heavy atom. The van der Waals surface area contributed by atoms with Gasteiger partial charge in [-0.05, 0) is 49.2 Å². The number of para-hydroxylation sites is 2. The van der Waals surface area contributed by atoms with E-state index in [9.17, 15) is 14.4 Å². The number of rotatable bonds is 6. The Morgan fingerprint density at radius 3 is 2.42 bits per heavy atom. The van der Waals surface area contributed by atoms with Crippen molar-refractivity contribution in [2.75, 3.05) is 10.6 Å². The van der Waals surface area contributed by atoms with E-state index in [0.29, 0.717) is 17.0 Å². The molecule has 166 valence electrons. The molecule has 7 nitrogen and oxygen atoms in total. The maximum atomic E-state index is 13.1. The van der Waals surface area contributed by atoms with Gasteiger partial charge in [-0.25, -0.2) is 4.98 Å². The number of nitrogens with one attached hydrogen (secondary N) is 2. The molecule has 0 saturated carbocycles. The average molecular weight is 441 g/mol. The van der Waals surface area contributed by atoms with Crippen LogP contribution < -0.4 is 16.1 Å². The predicted octanol–water partition coefficient (Wildman–Crippen LogP) is 4.16. The number of pyridine rings is 2. The Morgan fingerprint density at radius 2 is 1.67 bits per heavy atom. The van der Waals surface area contributed by atoms with Crippen molar-refractivity contribution in [3.05, 3.63) is 100.0 Å². The van der Waals surface area contributed by atoms with E-state index in [1.165, 1.54) is 6.20 Å². The zero-order valence-corrected chi connectivity index (χ0v) is 18.5. The van der Waals surface area contributed by atoms with Gasteiger partial charge in [-0.15, -0.1) is 0 Å². The molecule has 0 aliphatic rings. The molecule has 0 radical (unpaired) electrons. The molecule has 0 saturated heterocycles. The number of anilines is 2. The number of amides is 2. The number of hydrogen-bond donors (Lipinski definition) is 2. The number of fused-ring (bicyclic) bond motifs is 1. The lowest BCUT2D eigenvalue weighted by Crippen LogP contribution is -2.27. The van der Waals surface area contributed by atoms with Crippen molar-refractivity contribution in [2.24, 2.45) is 0 Å². The summed E-state index contributed by atoms with van der Waals surface area (Å²) in [6.45, 7) is 3.73. The van der Waals surface area contributed by atoms with Crippen molar-refractivity contribution in [1.29, 1.82) is 0 Å². The van der Waals surface area contributed by atoms with Gasteiger partial charge in [0.05, 0.1) is 5.39 Å². The van der Waals surface area contributed by atoms with Crippen molar-refractivity contribution in [2.45, 2.75) is 26.8 Å². The van der Waals surface area contributed by atoms with E-state index < -0.39 is 11.3 Å². The van der Waals surface area contributed by atoms with Crippen LogP contribution in [0.25, 0.3) is 11.0 Å². The molecule has 0 aliphatic carbocycles. The lowest BCUT2D eigenvalue weighted by Gasteiger charge is -2.14. The Kier molecular flexibility index (Phi) is 6.31. The van der Waals surface area contributed by atoms with Crippen LogP contribution in [-0.4, -0.2) is 21.4 Å². The topological polar surface area (TPSA) is 93.1 Å². The van der Waals surface area contributed by atoms with Crippen molar-refractivity contribution < 1.29 is 9.59 Å². The Labute approximate surface area is 191 Å². The third-order valence-electron chi connectivity index (χ3n) is 5.32. The maximum absolute atomic E-state index is 13.1. The number of carbonyl (C=O) groups excluding carboxylic acids is 2. The number of benzene rings is 2. The molecule has 7 heteroatoms. The summed E-state index contributed by atoms with van der Waals surface area (Å²) in [5.41, 5.74) is 2.90. The molecule has 2 heterocycles. The summed E-state index contributed by atoms with van der Waals surface area (Å²) in [7, 11) is 0. The molecule has 0 fully saturated rings. The minimum Gasteiger partial charge on any atom is -0.324 e. The van der Waals surface area contributed by atoms with Gasteiger partial charge in [0.2, 0.25) is 11.3 Å². The monoisotopic (exact) mass is 440 g/mol. The summed E-state index contributed by atoms with van der Waals surface area (Å²) in [6.07, 6.45) is 2.18. The standard InChI is InChI=1S/C26H24N4O3/c1-3-18-9-7-8-12-22(18)29-23(31)16-30-15-21(26(33)28-19-10-5-4-6-11-19)24(32)20-14-13-17(2)27-25(20)30/h4-15H,3,16H2,1-2H3,(H,28,33)(H,29,31). The third-order valence-corrected chi connectivity index (χ3v) is 5.32. The van der Waals surface area contributed by atoms with Crippen LogP contribution in [0.3, 0.4) is 0 Å². The van der Waals surface area contributed by atoms with E-state index in [2.05, 4.69) is 15.6 Å². The Hall–Kier alpha value is -4.26. The molecule has 2 amide bonds. The summed E-state index contributed by atoms with van der Waals surface area (Å²) in [5, 5.41) is 5.94. The molecule has 4 rings (SSSR count). The van der Waals surface area contributed by atoms with Gasteiger partial charge in [-0.2, -0.15) is 0 Å². The van der Waals surface area contributed by atoms with Crippen molar-refractivity contribution in [3.8, 4) is 0 Å². The fourth-order valence-corrected chi connectivity index (χ4v) is 3.66. The van der Waals surface area contributed by atoms with Crippen LogP contribution in [0.2, 0.25) is 0 Å². The maximum Gasteiger partial charge on any atom is 0.261 e. The molecule has 33 heavy (non-hydrogen) atoms. The largest absolute Gasteiger partial charge is 0.324 e. The normalized spacial score (nSPS) is 10.7. The molecule has 0 atom stereocenters. The highest BCUT2D eigenvalue weighted by molar-refractivity contribution is 6.05. The summed E-state index contributed by atoms with van der Waals surface area (Å²) in [5.74, 6) is -0.822. The molecule has 0 aliphatic heterocycles. The van der Waals surface area contributed by atoms with Crippen molar-refractivity contribution in [3.63, 3.8) is 0 Å². The van der Waals surface area contributed by atoms with Gasteiger partial charge in [0.1, 0.15) is 17.8 Å². The summed E-state index contributed by atoms with van der Waals surface area (Å²) < 4.78 is 1.55. The molecular formula is C26H24N4O3. The van der Waals surface area contributed by atoms with Gasteiger partial charge in [0.15, 0.2) is 0 Å². The van der Waals surface area contributed by atoms with E-state index in [0.717, 1.165) is 17.7 Å². The number of aromatic nitrogens is 2. The highest BCUT2D eigenvalue weighted by Crippen LogP contribution is 2.17. The molecule has 0 spiro atoms. The van der Waals surface area contributed by atoms with E-state index >= 15 is 0 Å². The fraction of sp³-hybridized carbons (Fsp3) is 0.154. The fourth-order valence-electron chi connectivity index (χ4n) is 3.66. The lowest BCUT2D eigenvalue weighted by atomic mass is 10.1. The van der Waals surface area contributed by atoms with E-state index in [-0.39, 0.29) is 23.4 Å². The molecule has 4 aromatic rings. The first-order chi connectivity index (χ1) is 16.0. The molecular weight excluding hydrogens is 416 g/mol. The summed E-state index contributed by atoms with van der Waals surface area (Å²) >= 11 is 0. The smallest absolute Gasteiger partial charge is 0.261 e. The molecule has 2 aromatic heterocycles. The first-order valence-electron chi connectivity index (χ1n) is 10.7. The van der Waals surface area contributed by atoms with Crippen LogP contribution in [0.15, 0.2) is 77.7 Å². The van der Waals surface area contributed by atoms with Crippen LogP contribution in [-0.2, 0) is 17.8 Å². The Bertz CT molecular complexity index is 1390. The number of nitrogens with zero attached hydrogens (tertiary/aromatic N) is 2. The second kappa shape index (κ2) is 9.48. The van der Waals surface area contributed by atoms with Gasteiger partial charge in [0.25, 0.3) is 5.91 Å². The van der Waals surface area contributed by atoms with Gasteiger partial charge in [-0.1, -0.05) is 43.3 Å². The zero-order chi connectivity index (χ0) is 23.4. The van der Waals surface area contributed by atoms with Gasteiger partial charge in [0, 0.05) is 23.3 Å². The zero-order valence-electron chi connectivity index (χ0n) is 18.5. The van der Waals surface area contributed by atoms with E-state index in [4.69, 9.17) is 0 Å². The molecule has 2 aromatic carbocycles. The third kappa shape index (κ3) is 4.82. The number of carbonyl (C=O) groups is 2. The first-order valence-corrected chi connectivity index (χ1v) is 10.7. The average Bonchev–Trinajstić information content (AvgIpc) is 2.81. The minimum atomic E-state index is -0.542. The molecule has 0 unspecified atom stereocenters. The van der Waals surface area contributed by atoms with Crippen LogP contribution in [0.4, 0.5) is 11.4 Å². The van der Waals surface area contributed by atoms with Crippen molar-refractivity contribution in [1.82, 2.24) is 9.55 Å². The first kappa shape index (κ1) is 22.0. The highest BCUT2D eigenvalue weighted by atomic mass is 16.2. The predicted molar refractivity (Wildman–Crippen MR) is 130 cm³/mol. The van der Waals surface area contributed by atoms with Crippen molar-refractivity contribution >= 4 is 34.2 Å². The van der Waals surface area contributed by atoms with Crippen LogP contribution in [0, 0.1) is 6.92 Å². The summed E-state index contributed by atoms with van der Waals surface area (Å²) in [4.78, 5) is 43.3. The SMILES string of the molecule is CCc1ccccc1NC(=O)Cn1cc(C(=O)Nc2ccccc2)c(=O)c2ccc(C)nc21.